The second kappa shape index (κ2) is 8.40. The van der Waals surface area contributed by atoms with Crippen LogP contribution in [-0.4, -0.2) is 51.6 Å². The molecule has 6 nitrogen and oxygen atoms in total. The summed E-state index contributed by atoms with van der Waals surface area (Å²) in [6.45, 7) is 7.86. The number of pyridine rings is 1. The third-order valence-electron chi connectivity index (χ3n) is 6.09. The van der Waals surface area contributed by atoms with Crippen molar-refractivity contribution in [3.63, 3.8) is 0 Å². The summed E-state index contributed by atoms with van der Waals surface area (Å²) in [6, 6.07) is 3.88. The number of aromatic nitrogens is 3. The van der Waals surface area contributed by atoms with Crippen LogP contribution in [0.2, 0.25) is 0 Å². The van der Waals surface area contributed by atoms with Gasteiger partial charge in [0.25, 0.3) is 0 Å². The molecule has 0 amide bonds. The maximum Gasteiger partial charge on any atom is 0.137 e. The Labute approximate surface area is 161 Å². The van der Waals surface area contributed by atoms with E-state index in [1.165, 1.54) is 5.56 Å². The Morgan fingerprint density at radius 1 is 1.30 bits per heavy atom. The Morgan fingerprint density at radius 3 is 2.93 bits per heavy atom. The first-order chi connectivity index (χ1) is 13.3. The van der Waals surface area contributed by atoms with Gasteiger partial charge in [-0.15, -0.1) is 0 Å². The van der Waals surface area contributed by atoms with E-state index in [2.05, 4.69) is 28.1 Å². The van der Waals surface area contributed by atoms with E-state index < -0.39 is 0 Å². The Bertz CT molecular complexity index is 710. The zero-order chi connectivity index (χ0) is 18.5. The van der Waals surface area contributed by atoms with Crippen LogP contribution in [-0.2, 0) is 17.8 Å². The molecule has 2 aliphatic heterocycles. The van der Waals surface area contributed by atoms with Crippen molar-refractivity contribution >= 4 is 0 Å². The fourth-order valence-corrected chi connectivity index (χ4v) is 4.51. The minimum Gasteiger partial charge on any atom is -0.492 e. The van der Waals surface area contributed by atoms with E-state index >= 15 is 0 Å². The molecule has 2 saturated heterocycles. The zero-order valence-corrected chi connectivity index (χ0v) is 16.2. The van der Waals surface area contributed by atoms with Crippen LogP contribution in [0.1, 0.15) is 38.2 Å². The number of likely N-dealkylation sites (tertiary alicyclic amines) is 1. The lowest BCUT2D eigenvalue weighted by molar-refractivity contribution is -0.0708. The lowest BCUT2D eigenvalue weighted by Gasteiger charge is -2.42. The standard InChI is InChI=1S/C21H30N4O2/c1-2-25-17-18(14-23-25)16-24-10-7-21(8-11-24)19(6-13-27-21)5-12-26-20-4-3-9-22-15-20/h3-4,9,14-15,17,19H,2,5-8,10-13,16H2,1H3. The average molecular weight is 370 g/mol. The second-order valence-electron chi connectivity index (χ2n) is 7.71. The second-order valence-corrected chi connectivity index (χ2v) is 7.71. The summed E-state index contributed by atoms with van der Waals surface area (Å²) in [5.74, 6) is 1.45. The maximum absolute atomic E-state index is 6.31. The highest BCUT2D eigenvalue weighted by molar-refractivity contribution is 5.15. The van der Waals surface area contributed by atoms with E-state index in [-0.39, 0.29) is 5.60 Å². The summed E-state index contributed by atoms with van der Waals surface area (Å²) in [6.07, 6.45) is 12.2. The molecule has 0 aromatic carbocycles. The summed E-state index contributed by atoms with van der Waals surface area (Å²) < 4.78 is 14.2. The number of ether oxygens (including phenoxy) is 2. The number of rotatable bonds is 7. The van der Waals surface area contributed by atoms with Gasteiger partial charge in [0.2, 0.25) is 0 Å². The van der Waals surface area contributed by atoms with Crippen molar-refractivity contribution < 1.29 is 9.47 Å². The lowest BCUT2D eigenvalue weighted by Crippen LogP contribution is -2.47. The number of piperidine rings is 1. The molecule has 4 heterocycles. The van der Waals surface area contributed by atoms with Gasteiger partial charge in [-0.2, -0.15) is 5.10 Å². The van der Waals surface area contributed by atoms with E-state index in [0.717, 1.165) is 70.8 Å². The van der Waals surface area contributed by atoms with Crippen LogP contribution in [0, 0.1) is 5.92 Å². The highest BCUT2D eigenvalue weighted by Crippen LogP contribution is 2.42. The van der Waals surface area contributed by atoms with Gasteiger partial charge in [-0.05, 0) is 50.7 Å². The van der Waals surface area contributed by atoms with Gasteiger partial charge in [0.05, 0.1) is 24.6 Å². The van der Waals surface area contributed by atoms with Gasteiger partial charge in [0, 0.05) is 50.7 Å². The SMILES string of the molecule is CCn1cc(CN2CCC3(CC2)OCCC3CCOc2cccnc2)cn1. The fraction of sp³-hybridized carbons (Fsp3) is 0.619. The van der Waals surface area contributed by atoms with Gasteiger partial charge >= 0.3 is 0 Å². The summed E-state index contributed by atoms with van der Waals surface area (Å²) in [5, 5.41) is 4.39. The largest absolute Gasteiger partial charge is 0.492 e. The van der Waals surface area contributed by atoms with E-state index in [1.807, 2.05) is 23.0 Å². The van der Waals surface area contributed by atoms with Crippen LogP contribution < -0.4 is 4.74 Å². The van der Waals surface area contributed by atoms with Crippen molar-refractivity contribution in [2.75, 3.05) is 26.3 Å². The van der Waals surface area contributed by atoms with Crippen molar-refractivity contribution in [3.05, 3.63) is 42.5 Å². The van der Waals surface area contributed by atoms with Crippen molar-refractivity contribution in [3.8, 4) is 5.75 Å². The minimum absolute atomic E-state index is 0.0579. The van der Waals surface area contributed by atoms with Crippen molar-refractivity contribution in [1.29, 1.82) is 0 Å². The Kier molecular flexibility index (Phi) is 5.74. The summed E-state index contributed by atoms with van der Waals surface area (Å²) in [5.41, 5.74) is 1.36. The summed E-state index contributed by atoms with van der Waals surface area (Å²) in [4.78, 5) is 6.64. The van der Waals surface area contributed by atoms with Gasteiger partial charge in [0.15, 0.2) is 0 Å². The molecule has 0 aliphatic carbocycles. The molecule has 2 aromatic heterocycles. The van der Waals surface area contributed by atoms with E-state index in [4.69, 9.17) is 9.47 Å². The Hall–Kier alpha value is -1.92. The number of hydrogen-bond donors (Lipinski definition) is 0. The predicted molar refractivity (Wildman–Crippen MR) is 104 cm³/mol. The fourth-order valence-electron chi connectivity index (χ4n) is 4.51. The first kappa shape index (κ1) is 18.4. The molecular formula is C21H30N4O2. The van der Waals surface area contributed by atoms with Crippen molar-refractivity contribution in [2.24, 2.45) is 5.92 Å². The highest BCUT2D eigenvalue weighted by atomic mass is 16.5. The molecule has 0 N–H and O–H groups in total. The molecule has 1 spiro atoms. The Morgan fingerprint density at radius 2 is 2.19 bits per heavy atom. The quantitative estimate of drug-likeness (QED) is 0.749. The molecule has 4 rings (SSSR count). The van der Waals surface area contributed by atoms with Crippen LogP contribution >= 0.6 is 0 Å². The monoisotopic (exact) mass is 370 g/mol. The van der Waals surface area contributed by atoms with Crippen LogP contribution in [0.5, 0.6) is 5.75 Å². The van der Waals surface area contributed by atoms with Gasteiger partial charge in [0.1, 0.15) is 5.75 Å². The Balaban J connectivity index is 1.27. The molecule has 2 aromatic rings. The molecule has 2 aliphatic rings. The number of nitrogens with zero attached hydrogens (tertiary/aromatic N) is 4. The first-order valence-electron chi connectivity index (χ1n) is 10.2. The third-order valence-corrected chi connectivity index (χ3v) is 6.09. The molecule has 27 heavy (non-hydrogen) atoms. The van der Waals surface area contributed by atoms with Gasteiger partial charge in [-0.3, -0.25) is 14.6 Å². The summed E-state index contributed by atoms with van der Waals surface area (Å²) in [7, 11) is 0. The van der Waals surface area contributed by atoms with Crippen molar-refractivity contribution in [1.82, 2.24) is 19.7 Å². The average Bonchev–Trinajstić information content (AvgIpc) is 3.32. The highest BCUT2D eigenvalue weighted by Gasteiger charge is 2.45. The normalized spacial score (nSPS) is 22.3. The van der Waals surface area contributed by atoms with E-state index in [9.17, 15) is 0 Å². The van der Waals surface area contributed by atoms with Gasteiger partial charge in [-0.25, -0.2) is 0 Å². The maximum atomic E-state index is 6.31. The van der Waals surface area contributed by atoms with Crippen molar-refractivity contribution in [2.45, 2.75) is 51.3 Å². The van der Waals surface area contributed by atoms with Crippen LogP contribution in [0.3, 0.4) is 0 Å². The van der Waals surface area contributed by atoms with Crippen LogP contribution in [0.4, 0.5) is 0 Å². The lowest BCUT2D eigenvalue weighted by atomic mass is 9.78. The van der Waals surface area contributed by atoms with Crippen LogP contribution in [0.25, 0.3) is 0 Å². The number of hydrogen-bond acceptors (Lipinski definition) is 5. The molecule has 0 bridgehead atoms. The van der Waals surface area contributed by atoms with E-state index in [1.54, 1.807) is 12.4 Å². The molecule has 0 radical (unpaired) electrons. The zero-order valence-electron chi connectivity index (χ0n) is 16.2. The van der Waals surface area contributed by atoms with Crippen LogP contribution in [0.15, 0.2) is 36.9 Å². The minimum atomic E-state index is 0.0579. The molecule has 146 valence electrons. The molecule has 1 unspecified atom stereocenters. The number of aryl methyl sites for hydroxylation is 1. The molecular weight excluding hydrogens is 340 g/mol. The topological polar surface area (TPSA) is 52.4 Å². The van der Waals surface area contributed by atoms with E-state index in [0.29, 0.717) is 5.92 Å². The summed E-state index contributed by atoms with van der Waals surface area (Å²) >= 11 is 0. The molecule has 1 atom stereocenters. The van der Waals surface area contributed by atoms with Gasteiger partial charge in [-0.1, -0.05) is 0 Å². The first-order valence-corrected chi connectivity index (χ1v) is 10.2. The molecule has 6 heteroatoms. The predicted octanol–water partition coefficient (Wildman–Crippen LogP) is 3.14. The molecule has 2 fully saturated rings. The third kappa shape index (κ3) is 4.33. The smallest absolute Gasteiger partial charge is 0.137 e. The van der Waals surface area contributed by atoms with Gasteiger partial charge < -0.3 is 9.47 Å². The molecule has 0 saturated carbocycles.